The third kappa shape index (κ3) is 64.6. The summed E-state index contributed by atoms with van der Waals surface area (Å²) in [5.41, 5.74) is 0. The topological polar surface area (TPSA) is 78.9 Å². The minimum Gasteiger partial charge on any atom is -0.462 e. The first-order valence-electron chi connectivity index (χ1n) is 33.5. The van der Waals surface area contributed by atoms with Crippen LogP contribution in [-0.4, -0.2) is 37.2 Å². The molecular weight excluding hydrogens is 985 g/mol. The van der Waals surface area contributed by atoms with Crippen LogP contribution in [0.3, 0.4) is 0 Å². The van der Waals surface area contributed by atoms with E-state index in [1.165, 1.54) is 116 Å². The predicted molar refractivity (Wildman–Crippen MR) is 348 cm³/mol. The largest absolute Gasteiger partial charge is 0.462 e. The van der Waals surface area contributed by atoms with Gasteiger partial charge in [-0.2, -0.15) is 0 Å². The average Bonchev–Trinajstić information content (AvgIpc) is 3.46. The predicted octanol–water partition coefficient (Wildman–Crippen LogP) is 23.2. The lowest BCUT2D eigenvalue weighted by molar-refractivity contribution is -0.167. The smallest absolute Gasteiger partial charge is 0.306 e. The maximum atomic E-state index is 12.9. The molecule has 0 saturated heterocycles. The summed E-state index contributed by atoms with van der Waals surface area (Å²) in [6, 6.07) is 0. The van der Waals surface area contributed by atoms with Crippen molar-refractivity contribution in [2.75, 3.05) is 13.2 Å². The molecule has 0 aliphatic carbocycles. The number of carbonyl (C=O) groups excluding carboxylic acids is 3. The van der Waals surface area contributed by atoms with E-state index >= 15 is 0 Å². The summed E-state index contributed by atoms with van der Waals surface area (Å²) in [6.07, 6.45) is 93.6. The minimum absolute atomic E-state index is 0.0897. The zero-order valence-electron chi connectivity index (χ0n) is 52.3. The van der Waals surface area contributed by atoms with Crippen LogP contribution in [0.25, 0.3) is 0 Å². The summed E-state index contributed by atoms with van der Waals surface area (Å²) in [7, 11) is 0. The second-order valence-corrected chi connectivity index (χ2v) is 22.0. The van der Waals surface area contributed by atoms with Crippen LogP contribution in [0.2, 0.25) is 0 Å². The average molecular weight is 1110 g/mol. The summed E-state index contributed by atoms with van der Waals surface area (Å²) < 4.78 is 16.9. The van der Waals surface area contributed by atoms with E-state index in [0.29, 0.717) is 19.3 Å². The third-order valence-corrected chi connectivity index (χ3v) is 14.2. The van der Waals surface area contributed by atoms with Gasteiger partial charge < -0.3 is 14.2 Å². The van der Waals surface area contributed by atoms with Crippen molar-refractivity contribution in [2.45, 2.75) is 316 Å². The van der Waals surface area contributed by atoms with Crippen molar-refractivity contribution < 1.29 is 28.6 Å². The highest BCUT2D eigenvalue weighted by Crippen LogP contribution is 2.16. The molecule has 456 valence electrons. The van der Waals surface area contributed by atoms with Gasteiger partial charge in [0, 0.05) is 19.3 Å². The highest BCUT2D eigenvalue weighted by molar-refractivity contribution is 5.71. The summed E-state index contributed by atoms with van der Waals surface area (Å²) in [5, 5.41) is 0. The summed E-state index contributed by atoms with van der Waals surface area (Å²) in [5.74, 6) is -0.913. The van der Waals surface area contributed by atoms with Crippen LogP contribution in [0.15, 0.2) is 122 Å². The monoisotopic (exact) mass is 1110 g/mol. The second kappa shape index (κ2) is 67.3. The number of unbranched alkanes of at least 4 members (excludes halogenated alkanes) is 29. The van der Waals surface area contributed by atoms with Crippen LogP contribution in [0, 0.1) is 0 Å². The van der Waals surface area contributed by atoms with Gasteiger partial charge in [0.1, 0.15) is 13.2 Å². The van der Waals surface area contributed by atoms with Crippen LogP contribution >= 0.6 is 0 Å². The lowest BCUT2D eigenvalue weighted by Crippen LogP contribution is -2.30. The standard InChI is InChI=1S/C74H124O6/c1-4-7-10-13-16-19-22-25-28-30-31-32-33-34-35-36-37-38-39-40-41-42-43-44-47-49-52-55-58-61-64-67-73(76)79-70-71(69-78-72(75)66-63-60-57-54-51-48-45-27-24-21-18-15-12-9-6-3)80-74(77)68-65-62-59-56-53-50-46-29-26-23-20-17-14-11-8-5-2/h7,9-10,12,16,18-21,23,25,27-29,31-32,34-35,45-46,71H,4-6,8,11,13-15,17,22,24,26,30,33,36-44,47-70H2,1-3H3/b10-7-,12-9-,19-16-,21-18-,23-20-,28-25-,32-31-,35-34-,45-27-,46-29-. The van der Waals surface area contributed by atoms with E-state index in [9.17, 15) is 14.4 Å². The molecule has 0 spiro atoms. The Morgan fingerprint density at radius 1 is 0.263 bits per heavy atom. The fraction of sp³-hybridized carbons (Fsp3) is 0.689. The third-order valence-electron chi connectivity index (χ3n) is 14.2. The lowest BCUT2D eigenvalue weighted by Gasteiger charge is -2.18. The molecule has 0 amide bonds. The molecule has 0 aliphatic rings. The maximum absolute atomic E-state index is 12.9. The molecule has 1 unspecified atom stereocenters. The zero-order valence-corrected chi connectivity index (χ0v) is 52.3. The van der Waals surface area contributed by atoms with E-state index in [-0.39, 0.29) is 31.1 Å². The molecule has 0 saturated carbocycles. The normalized spacial score (nSPS) is 12.9. The van der Waals surface area contributed by atoms with Gasteiger partial charge in [-0.1, -0.05) is 284 Å². The van der Waals surface area contributed by atoms with E-state index in [2.05, 4.69) is 142 Å². The van der Waals surface area contributed by atoms with Crippen LogP contribution in [0.4, 0.5) is 0 Å². The molecular formula is C74H124O6. The van der Waals surface area contributed by atoms with Crippen molar-refractivity contribution in [3.8, 4) is 0 Å². The van der Waals surface area contributed by atoms with Gasteiger partial charge >= 0.3 is 17.9 Å². The molecule has 0 fully saturated rings. The van der Waals surface area contributed by atoms with E-state index in [1.54, 1.807) is 0 Å². The van der Waals surface area contributed by atoms with Gasteiger partial charge in [-0.15, -0.1) is 0 Å². The molecule has 80 heavy (non-hydrogen) atoms. The number of hydrogen-bond donors (Lipinski definition) is 0. The molecule has 6 nitrogen and oxygen atoms in total. The number of allylic oxidation sites excluding steroid dienone is 20. The molecule has 1 atom stereocenters. The van der Waals surface area contributed by atoms with E-state index in [0.717, 1.165) is 154 Å². The Balaban J connectivity index is 4.26. The minimum atomic E-state index is -0.796. The van der Waals surface area contributed by atoms with Crippen molar-refractivity contribution in [1.29, 1.82) is 0 Å². The highest BCUT2D eigenvalue weighted by atomic mass is 16.6. The molecule has 0 radical (unpaired) electrons. The maximum Gasteiger partial charge on any atom is 0.306 e. The van der Waals surface area contributed by atoms with Crippen molar-refractivity contribution in [2.24, 2.45) is 0 Å². The molecule has 0 rings (SSSR count). The summed E-state index contributed by atoms with van der Waals surface area (Å²) >= 11 is 0. The first kappa shape index (κ1) is 75.8. The molecule has 0 aromatic heterocycles. The van der Waals surface area contributed by atoms with Crippen LogP contribution < -0.4 is 0 Å². The van der Waals surface area contributed by atoms with Gasteiger partial charge in [0.15, 0.2) is 6.10 Å². The Bertz CT molecular complexity index is 1650. The number of esters is 3. The van der Waals surface area contributed by atoms with Crippen molar-refractivity contribution in [3.05, 3.63) is 122 Å². The second-order valence-electron chi connectivity index (χ2n) is 22.0. The van der Waals surface area contributed by atoms with Gasteiger partial charge in [0.25, 0.3) is 0 Å². The Labute approximate surface area is 494 Å². The lowest BCUT2D eigenvalue weighted by atomic mass is 10.0. The molecule has 6 heteroatoms. The molecule has 0 aromatic rings. The Kier molecular flexibility index (Phi) is 63.8. The number of hydrogen-bond acceptors (Lipinski definition) is 6. The number of carbonyl (C=O) groups is 3. The van der Waals surface area contributed by atoms with Gasteiger partial charge in [-0.05, 0) is 128 Å². The van der Waals surface area contributed by atoms with Crippen molar-refractivity contribution >= 4 is 17.9 Å². The molecule has 0 N–H and O–H groups in total. The van der Waals surface area contributed by atoms with Gasteiger partial charge in [-0.3, -0.25) is 14.4 Å². The quantitative estimate of drug-likeness (QED) is 0.0261. The SMILES string of the molecule is CC/C=C\C/C=C\C/C=C\C/C=C\C/C=C\CCCCCCCCCCCCCCCCCC(=O)OCC(COC(=O)CCCCCCC/C=C\C/C=C\C/C=C\CC)OC(=O)CCCCCCC/C=C\C/C=C\CCCCCC. The Morgan fingerprint density at radius 3 is 0.762 bits per heavy atom. The van der Waals surface area contributed by atoms with Crippen LogP contribution in [0.5, 0.6) is 0 Å². The summed E-state index contributed by atoms with van der Waals surface area (Å²) in [6.45, 7) is 6.39. The van der Waals surface area contributed by atoms with E-state index < -0.39 is 6.10 Å². The molecule has 0 aliphatic heterocycles. The van der Waals surface area contributed by atoms with Gasteiger partial charge in [0.2, 0.25) is 0 Å². The molecule has 0 aromatic carbocycles. The molecule has 0 bridgehead atoms. The molecule has 0 heterocycles. The van der Waals surface area contributed by atoms with E-state index in [4.69, 9.17) is 14.2 Å². The van der Waals surface area contributed by atoms with Gasteiger partial charge in [-0.25, -0.2) is 0 Å². The van der Waals surface area contributed by atoms with Gasteiger partial charge in [0.05, 0.1) is 0 Å². The van der Waals surface area contributed by atoms with E-state index in [1.807, 2.05) is 0 Å². The fourth-order valence-electron chi connectivity index (χ4n) is 9.22. The Hall–Kier alpha value is -4.19. The zero-order chi connectivity index (χ0) is 57.8. The Morgan fingerprint density at radius 2 is 0.487 bits per heavy atom. The van der Waals surface area contributed by atoms with Crippen LogP contribution in [0.1, 0.15) is 310 Å². The first-order chi connectivity index (χ1) is 39.5. The van der Waals surface area contributed by atoms with Crippen LogP contribution in [-0.2, 0) is 28.6 Å². The number of rotatable bonds is 60. The first-order valence-corrected chi connectivity index (χ1v) is 33.5. The fourth-order valence-corrected chi connectivity index (χ4v) is 9.22. The highest BCUT2D eigenvalue weighted by Gasteiger charge is 2.19. The van der Waals surface area contributed by atoms with Crippen molar-refractivity contribution in [1.82, 2.24) is 0 Å². The number of ether oxygens (including phenoxy) is 3. The summed E-state index contributed by atoms with van der Waals surface area (Å²) in [4.78, 5) is 38.3. The van der Waals surface area contributed by atoms with Crippen molar-refractivity contribution in [3.63, 3.8) is 0 Å².